The Bertz CT molecular complexity index is 980. The minimum atomic E-state index is -3.73. The van der Waals surface area contributed by atoms with Crippen LogP contribution in [0.5, 0.6) is 11.5 Å². The molecule has 3 fully saturated rings. The number of sulfonamides is 1. The van der Waals surface area contributed by atoms with E-state index in [-0.39, 0.29) is 16.8 Å². The van der Waals surface area contributed by atoms with Crippen molar-refractivity contribution in [3.05, 3.63) is 54.1 Å². The summed E-state index contributed by atoms with van der Waals surface area (Å²) < 4.78 is 28.3. The average Bonchev–Trinajstić information content (AvgIpc) is 2.71. The summed E-state index contributed by atoms with van der Waals surface area (Å²) in [7, 11) is -3.73. The molecule has 29 heavy (non-hydrogen) atoms. The summed E-state index contributed by atoms with van der Waals surface area (Å²) in [5.41, 5.74) is 0.588. The lowest BCUT2D eigenvalue weighted by molar-refractivity contribution is 0.0217. The van der Waals surface area contributed by atoms with E-state index in [2.05, 4.69) is 17.1 Å². The lowest BCUT2D eigenvalue weighted by atomic mass is 9.79. The molecule has 2 aromatic rings. The molecule has 0 unspecified atom stereocenters. The Morgan fingerprint density at radius 1 is 1.03 bits per heavy atom. The number of nitrogens with zero attached hydrogens (tertiary/aromatic N) is 1. The maximum atomic E-state index is 12.7. The third-order valence-electron chi connectivity index (χ3n) is 5.98. The summed E-state index contributed by atoms with van der Waals surface area (Å²) in [4.78, 5) is 15.2. The first-order valence-electron chi connectivity index (χ1n) is 9.77. The minimum Gasteiger partial charge on any atom is -0.457 e. The number of rotatable bonds is 5. The molecule has 3 heterocycles. The lowest BCUT2D eigenvalue weighted by Crippen LogP contribution is -2.62. The van der Waals surface area contributed by atoms with E-state index in [9.17, 15) is 13.2 Å². The van der Waals surface area contributed by atoms with Crippen molar-refractivity contribution in [2.45, 2.75) is 36.7 Å². The van der Waals surface area contributed by atoms with Crippen molar-refractivity contribution in [1.29, 1.82) is 0 Å². The number of amides is 1. The molecule has 8 heteroatoms. The van der Waals surface area contributed by atoms with Crippen LogP contribution in [0.15, 0.2) is 53.4 Å². The largest absolute Gasteiger partial charge is 0.457 e. The van der Waals surface area contributed by atoms with Gasteiger partial charge in [0.1, 0.15) is 11.5 Å². The molecule has 154 valence electrons. The molecule has 3 saturated heterocycles. The first-order valence-corrected chi connectivity index (χ1v) is 11.3. The van der Waals surface area contributed by atoms with Crippen LogP contribution < -0.4 is 15.2 Å². The molecule has 0 spiro atoms. The highest BCUT2D eigenvalue weighted by Gasteiger charge is 2.40. The molecule has 5 rings (SSSR count). The lowest BCUT2D eigenvalue weighted by Gasteiger charge is -2.49. The number of primary sulfonamides is 1. The van der Waals surface area contributed by atoms with Crippen molar-refractivity contribution in [3.8, 4) is 11.5 Å². The van der Waals surface area contributed by atoms with Crippen molar-refractivity contribution in [2.24, 2.45) is 11.1 Å². The van der Waals surface area contributed by atoms with Crippen LogP contribution in [0.25, 0.3) is 0 Å². The smallest absolute Gasteiger partial charge is 0.251 e. The zero-order valence-corrected chi connectivity index (χ0v) is 17.1. The van der Waals surface area contributed by atoms with Gasteiger partial charge in [-0.2, -0.15) is 0 Å². The van der Waals surface area contributed by atoms with Gasteiger partial charge < -0.3 is 10.1 Å². The third-order valence-corrected chi connectivity index (χ3v) is 6.91. The Balaban J connectivity index is 1.39. The van der Waals surface area contributed by atoms with E-state index in [0.717, 1.165) is 25.9 Å². The molecule has 0 radical (unpaired) electrons. The third kappa shape index (κ3) is 4.29. The van der Waals surface area contributed by atoms with Gasteiger partial charge in [-0.05, 0) is 87.3 Å². The Hall–Kier alpha value is -2.42. The fourth-order valence-electron chi connectivity index (χ4n) is 4.29. The molecule has 2 aromatic carbocycles. The number of ether oxygens (including phenoxy) is 1. The van der Waals surface area contributed by atoms with Crippen molar-refractivity contribution in [3.63, 3.8) is 0 Å². The number of carbonyl (C=O) groups excluding carboxylic acids is 1. The normalized spacial score (nSPS) is 26.1. The van der Waals surface area contributed by atoms with Gasteiger partial charge in [0.15, 0.2) is 0 Å². The van der Waals surface area contributed by atoms with Crippen molar-refractivity contribution in [1.82, 2.24) is 10.2 Å². The number of benzene rings is 2. The van der Waals surface area contributed by atoms with Crippen LogP contribution in [-0.2, 0) is 10.0 Å². The van der Waals surface area contributed by atoms with Crippen LogP contribution in [0.4, 0.5) is 0 Å². The van der Waals surface area contributed by atoms with Gasteiger partial charge in [0.25, 0.3) is 5.91 Å². The topological polar surface area (TPSA) is 102 Å². The van der Waals surface area contributed by atoms with E-state index in [1.54, 1.807) is 24.3 Å². The van der Waals surface area contributed by atoms with Gasteiger partial charge in [0.2, 0.25) is 10.0 Å². The molecule has 1 amide bonds. The quantitative estimate of drug-likeness (QED) is 0.780. The predicted molar refractivity (Wildman–Crippen MR) is 109 cm³/mol. The molecular weight excluding hydrogens is 390 g/mol. The van der Waals surface area contributed by atoms with Crippen molar-refractivity contribution >= 4 is 15.9 Å². The van der Waals surface area contributed by atoms with Gasteiger partial charge >= 0.3 is 0 Å². The number of nitrogens with one attached hydrogen (secondary N) is 1. The zero-order valence-electron chi connectivity index (χ0n) is 16.2. The highest BCUT2D eigenvalue weighted by Crippen LogP contribution is 2.32. The summed E-state index contributed by atoms with van der Waals surface area (Å²) in [5, 5.41) is 8.31. The highest BCUT2D eigenvalue weighted by atomic mass is 32.2. The Morgan fingerprint density at radius 3 is 2.10 bits per heavy atom. The molecule has 0 aromatic heterocycles. The second-order valence-electron chi connectivity index (χ2n) is 7.76. The Kier molecular flexibility index (Phi) is 5.33. The molecule has 0 aliphatic carbocycles. The van der Waals surface area contributed by atoms with Crippen LogP contribution in [0, 0.1) is 5.92 Å². The maximum absolute atomic E-state index is 12.7. The Morgan fingerprint density at radius 2 is 1.59 bits per heavy atom. The summed E-state index contributed by atoms with van der Waals surface area (Å²) in [6.45, 7) is 4.44. The zero-order chi connectivity index (χ0) is 20.6. The van der Waals surface area contributed by atoms with Gasteiger partial charge in [-0.3, -0.25) is 9.69 Å². The molecule has 2 atom stereocenters. The standard InChI is InChI=1S/C21H25N3O4S/c1-14-20(15-10-12-24(14)13-11-15)23-21(25)16-2-4-17(5-3-16)28-18-6-8-19(9-7-18)29(22,26)27/h2-9,14-15,20H,10-13H2,1H3,(H,23,25)(H2,22,26,27)/t14-,20-/m0/s1. The van der Waals surface area contributed by atoms with Crippen LogP contribution in [0.3, 0.4) is 0 Å². The molecule has 2 bridgehead atoms. The van der Waals surface area contributed by atoms with Crippen LogP contribution in [0.2, 0.25) is 0 Å². The summed E-state index contributed by atoms with van der Waals surface area (Å²) in [5.74, 6) is 1.53. The van der Waals surface area contributed by atoms with Gasteiger partial charge in [0.05, 0.1) is 4.90 Å². The first kappa shape index (κ1) is 19.9. The molecule has 3 N–H and O–H groups in total. The number of nitrogens with two attached hydrogens (primary N) is 1. The van der Waals surface area contributed by atoms with Gasteiger partial charge in [-0.1, -0.05) is 0 Å². The van der Waals surface area contributed by atoms with Crippen molar-refractivity contribution < 1.29 is 17.9 Å². The molecular formula is C21H25N3O4S. The van der Waals surface area contributed by atoms with E-state index in [4.69, 9.17) is 9.88 Å². The second kappa shape index (κ2) is 7.78. The van der Waals surface area contributed by atoms with Crippen LogP contribution in [0.1, 0.15) is 30.1 Å². The molecule has 3 aliphatic heterocycles. The van der Waals surface area contributed by atoms with E-state index < -0.39 is 10.0 Å². The fourth-order valence-corrected chi connectivity index (χ4v) is 4.80. The van der Waals surface area contributed by atoms with E-state index in [1.165, 1.54) is 24.3 Å². The SMILES string of the molecule is C[C@H]1[C@H](NC(=O)c2ccc(Oc3ccc(S(N)(=O)=O)cc3)cc2)C2CCN1CC2. The summed E-state index contributed by atoms with van der Waals surface area (Å²) in [6, 6.07) is 13.3. The summed E-state index contributed by atoms with van der Waals surface area (Å²) in [6.07, 6.45) is 2.29. The number of hydrogen-bond acceptors (Lipinski definition) is 5. The molecule has 3 aliphatic rings. The van der Waals surface area contributed by atoms with E-state index in [0.29, 0.717) is 29.0 Å². The number of hydrogen-bond donors (Lipinski definition) is 2. The molecule has 7 nitrogen and oxygen atoms in total. The van der Waals surface area contributed by atoms with Gasteiger partial charge in [-0.15, -0.1) is 0 Å². The minimum absolute atomic E-state index is 0.0267. The molecule has 0 saturated carbocycles. The van der Waals surface area contributed by atoms with Gasteiger partial charge in [0, 0.05) is 17.6 Å². The number of piperidine rings is 3. The van der Waals surface area contributed by atoms with Gasteiger partial charge in [-0.25, -0.2) is 13.6 Å². The first-order chi connectivity index (χ1) is 13.8. The number of carbonyl (C=O) groups is 1. The predicted octanol–water partition coefficient (Wildman–Crippen LogP) is 2.34. The van der Waals surface area contributed by atoms with E-state index >= 15 is 0 Å². The van der Waals surface area contributed by atoms with E-state index in [1.807, 2.05) is 0 Å². The number of fused-ring (bicyclic) bond motifs is 3. The monoisotopic (exact) mass is 415 g/mol. The van der Waals surface area contributed by atoms with Crippen LogP contribution in [-0.4, -0.2) is 44.4 Å². The fraction of sp³-hybridized carbons (Fsp3) is 0.381. The Labute approximate surface area is 170 Å². The maximum Gasteiger partial charge on any atom is 0.251 e. The summed E-state index contributed by atoms with van der Waals surface area (Å²) >= 11 is 0. The van der Waals surface area contributed by atoms with Crippen molar-refractivity contribution in [2.75, 3.05) is 13.1 Å². The average molecular weight is 416 g/mol. The van der Waals surface area contributed by atoms with Crippen LogP contribution >= 0.6 is 0 Å². The second-order valence-corrected chi connectivity index (χ2v) is 9.32. The highest BCUT2D eigenvalue weighted by molar-refractivity contribution is 7.89.